The number of fused-ring (bicyclic) bond motifs is 1. The second-order valence-electron chi connectivity index (χ2n) is 4.51. The Kier molecular flexibility index (Phi) is 2.81. The molecule has 2 heterocycles. The fourth-order valence-corrected chi connectivity index (χ4v) is 1.85. The van der Waals surface area contributed by atoms with Gasteiger partial charge in [0.05, 0.1) is 11.4 Å². The van der Waals surface area contributed by atoms with Crippen molar-refractivity contribution >= 4 is 5.65 Å². The van der Waals surface area contributed by atoms with Crippen LogP contribution in [0.25, 0.3) is 5.65 Å². The highest BCUT2D eigenvalue weighted by Gasteiger charge is 2.08. The van der Waals surface area contributed by atoms with Crippen LogP contribution in [0.15, 0.2) is 16.9 Å². The van der Waals surface area contributed by atoms with Crippen LogP contribution < -0.4 is 5.56 Å². The fraction of sp³-hybridized carbons (Fsp3) is 0.500. The number of hydrogen-bond donors (Lipinski definition) is 1. The average molecular weight is 219 g/mol. The van der Waals surface area contributed by atoms with Crippen LogP contribution in [0.3, 0.4) is 0 Å². The van der Waals surface area contributed by atoms with Crippen molar-refractivity contribution in [2.45, 2.75) is 33.6 Å². The maximum absolute atomic E-state index is 11.5. The summed E-state index contributed by atoms with van der Waals surface area (Å²) in [4.78, 5) is 14.3. The lowest BCUT2D eigenvalue weighted by Gasteiger charge is -2.06. The molecule has 0 aromatic carbocycles. The average Bonchev–Trinajstić information content (AvgIpc) is 2.59. The minimum Gasteiger partial charge on any atom is -0.307 e. The molecule has 0 amide bonds. The van der Waals surface area contributed by atoms with Gasteiger partial charge in [0.15, 0.2) is 0 Å². The molecule has 1 N–H and O–H groups in total. The van der Waals surface area contributed by atoms with Crippen LogP contribution in [0.4, 0.5) is 0 Å². The van der Waals surface area contributed by atoms with Crippen molar-refractivity contribution < 1.29 is 0 Å². The molecule has 0 aliphatic rings. The molecule has 4 heteroatoms. The maximum atomic E-state index is 11.5. The summed E-state index contributed by atoms with van der Waals surface area (Å²) < 4.78 is 1.85. The van der Waals surface area contributed by atoms with E-state index in [1.165, 1.54) is 0 Å². The lowest BCUT2D eigenvalue weighted by molar-refractivity contribution is 0.616. The SMILES string of the molecule is CCc1cc2[nH]c(=O)cc(CC(C)C)n2n1. The number of nitrogens with one attached hydrogen (secondary N) is 1. The molecule has 0 spiro atoms. The van der Waals surface area contributed by atoms with Gasteiger partial charge < -0.3 is 4.98 Å². The Morgan fingerprint density at radius 2 is 2.19 bits per heavy atom. The summed E-state index contributed by atoms with van der Waals surface area (Å²) in [5.41, 5.74) is 2.73. The predicted octanol–water partition coefficient (Wildman–Crippen LogP) is 1.78. The third-order valence-electron chi connectivity index (χ3n) is 2.56. The van der Waals surface area contributed by atoms with E-state index in [-0.39, 0.29) is 5.56 Å². The molecule has 2 aromatic heterocycles. The second-order valence-corrected chi connectivity index (χ2v) is 4.51. The lowest BCUT2D eigenvalue weighted by Crippen LogP contribution is -2.13. The third kappa shape index (κ3) is 2.01. The van der Waals surface area contributed by atoms with Gasteiger partial charge in [-0.2, -0.15) is 5.10 Å². The first-order chi connectivity index (χ1) is 7.60. The molecule has 0 aliphatic heterocycles. The summed E-state index contributed by atoms with van der Waals surface area (Å²) in [5, 5.41) is 4.47. The topological polar surface area (TPSA) is 50.2 Å². The maximum Gasteiger partial charge on any atom is 0.251 e. The van der Waals surface area contributed by atoms with Gasteiger partial charge in [0, 0.05) is 12.1 Å². The highest BCUT2D eigenvalue weighted by atomic mass is 16.1. The van der Waals surface area contributed by atoms with Crippen LogP contribution in [-0.4, -0.2) is 14.6 Å². The Hall–Kier alpha value is -1.58. The summed E-state index contributed by atoms with van der Waals surface area (Å²) in [6.45, 7) is 6.33. The zero-order valence-electron chi connectivity index (χ0n) is 9.95. The normalized spacial score (nSPS) is 11.5. The molecule has 0 fully saturated rings. The van der Waals surface area contributed by atoms with Gasteiger partial charge in [-0.25, -0.2) is 4.52 Å². The minimum absolute atomic E-state index is 0.0503. The standard InChI is InChI=1S/C12H17N3O/c1-4-9-6-11-13-12(16)7-10(5-8(2)3)15(11)14-9/h6-8H,4-5H2,1-3H3,(H,13,16). The van der Waals surface area contributed by atoms with Crippen LogP contribution in [0.5, 0.6) is 0 Å². The molecular formula is C12H17N3O. The Morgan fingerprint density at radius 1 is 1.44 bits per heavy atom. The smallest absolute Gasteiger partial charge is 0.251 e. The van der Waals surface area contributed by atoms with Crippen molar-refractivity contribution in [2.24, 2.45) is 5.92 Å². The van der Waals surface area contributed by atoms with E-state index in [1.807, 2.05) is 10.6 Å². The molecular weight excluding hydrogens is 202 g/mol. The number of aromatic amines is 1. The van der Waals surface area contributed by atoms with Gasteiger partial charge in [0.1, 0.15) is 5.65 Å². The van der Waals surface area contributed by atoms with Gasteiger partial charge in [-0.3, -0.25) is 4.79 Å². The summed E-state index contributed by atoms with van der Waals surface area (Å²) in [5.74, 6) is 0.513. The Morgan fingerprint density at radius 3 is 2.81 bits per heavy atom. The summed E-state index contributed by atoms with van der Waals surface area (Å²) in [7, 11) is 0. The van der Waals surface area contributed by atoms with Crippen molar-refractivity contribution in [3.8, 4) is 0 Å². The fourth-order valence-electron chi connectivity index (χ4n) is 1.85. The molecule has 0 unspecified atom stereocenters. The summed E-state index contributed by atoms with van der Waals surface area (Å²) >= 11 is 0. The van der Waals surface area contributed by atoms with Gasteiger partial charge >= 0.3 is 0 Å². The molecule has 0 atom stereocenters. The van der Waals surface area contributed by atoms with Crippen LogP contribution in [0.2, 0.25) is 0 Å². The quantitative estimate of drug-likeness (QED) is 0.855. The van der Waals surface area contributed by atoms with Crippen LogP contribution in [0, 0.1) is 5.92 Å². The molecule has 0 bridgehead atoms. The Bertz CT molecular complexity index is 551. The van der Waals surface area contributed by atoms with E-state index in [2.05, 4.69) is 30.9 Å². The van der Waals surface area contributed by atoms with Gasteiger partial charge in [-0.15, -0.1) is 0 Å². The Labute approximate surface area is 94.3 Å². The van der Waals surface area contributed by atoms with Gasteiger partial charge in [0.2, 0.25) is 0 Å². The van der Waals surface area contributed by atoms with Gasteiger partial charge in [-0.05, 0) is 18.8 Å². The van der Waals surface area contributed by atoms with E-state index >= 15 is 0 Å². The lowest BCUT2D eigenvalue weighted by atomic mass is 10.1. The van der Waals surface area contributed by atoms with E-state index in [4.69, 9.17) is 0 Å². The third-order valence-corrected chi connectivity index (χ3v) is 2.56. The van der Waals surface area contributed by atoms with E-state index < -0.39 is 0 Å². The van der Waals surface area contributed by atoms with Crippen molar-refractivity contribution in [2.75, 3.05) is 0 Å². The molecule has 2 aromatic rings. The molecule has 86 valence electrons. The molecule has 0 radical (unpaired) electrons. The van der Waals surface area contributed by atoms with Gasteiger partial charge in [-0.1, -0.05) is 20.8 Å². The number of aryl methyl sites for hydroxylation is 1. The largest absolute Gasteiger partial charge is 0.307 e. The molecule has 16 heavy (non-hydrogen) atoms. The first-order valence-corrected chi connectivity index (χ1v) is 5.71. The van der Waals surface area contributed by atoms with Crippen molar-refractivity contribution in [3.63, 3.8) is 0 Å². The molecule has 0 saturated carbocycles. The van der Waals surface area contributed by atoms with E-state index in [9.17, 15) is 4.79 Å². The van der Waals surface area contributed by atoms with E-state index in [0.717, 1.165) is 29.9 Å². The number of nitrogens with zero attached hydrogens (tertiary/aromatic N) is 2. The van der Waals surface area contributed by atoms with E-state index in [1.54, 1.807) is 6.07 Å². The first-order valence-electron chi connectivity index (χ1n) is 5.71. The molecule has 0 saturated heterocycles. The highest BCUT2D eigenvalue weighted by molar-refractivity contribution is 5.40. The zero-order chi connectivity index (χ0) is 11.7. The number of hydrogen-bond acceptors (Lipinski definition) is 2. The minimum atomic E-state index is -0.0503. The second kappa shape index (κ2) is 4.12. The van der Waals surface area contributed by atoms with Crippen LogP contribution >= 0.6 is 0 Å². The van der Waals surface area contributed by atoms with Crippen molar-refractivity contribution in [1.82, 2.24) is 14.6 Å². The molecule has 2 rings (SSSR count). The van der Waals surface area contributed by atoms with E-state index in [0.29, 0.717) is 5.92 Å². The van der Waals surface area contributed by atoms with Gasteiger partial charge in [0.25, 0.3) is 5.56 Å². The molecule has 0 aliphatic carbocycles. The molecule has 4 nitrogen and oxygen atoms in total. The first kappa shape index (κ1) is 10.9. The predicted molar refractivity (Wildman–Crippen MR) is 63.7 cm³/mol. The van der Waals surface area contributed by atoms with Crippen LogP contribution in [0.1, 0.15) is 32.2 Å². The van der Waals surface area contributed by atoms with Crippen molar-refractivity contribution in [3.05, 3.63) is 33.9 Å². The van der Waals surface area contributed by atoms with Crippen molar-refractivity contribution in [1.29, 1.82) is 0 Å². The van der Waals surface area contributed by atoms with Crippen LogP contribution in [-0.2, 0) is 12.8 Å². The monoisotopic (exact) mass is 219 g/mol. The highest BCUT2D eigenvalue weighted by Crippen LogP contribution is 2.09. The summed E-state index contributed by atoms with van der Waals surface area (Å²) in [6, 6.07) is 3.57. The number of H-pyrrole nitrogens is 1. The number of aromatic nitrogens is 3. The summed E-state index contributed by atoms with van der Waals surface area (Å²) in [6.07, 6.45) is 1.75. The number of rotatable bonds is 3. The zero-order valence-corrected chi connectivity index (χ0v) is 9.95. The Balaban J connectivity index is 2.61.